The van der Waals surface area contributed by atoms with Crippen molar-refractivity contribution < 1.29 is 23.8 Å². The van der Waals surface area contributed by atoms with Crippen LogP contribution in [-0.2, 0) is 9.59 Å². The van der Waals surface area contributed by atoms with Crippen LogP contribution in [0.4, 0.5) is 4.39 Å². The largest absolute Gasteiger partial charge is 0.507 e. The number of carbonyl (C=O) groups is 2. The zero-order valence-corrected chi connectivity index (χ0v) is 19.0. The summed E-state index contributed by atoms with van der Waals surface area (Å²) in [6.45, 7) is 10.5. The average Bonchev–Trinajstić information content (AvgIpc) is 3.08. The fourth-order valence-electron chi connectivity index (χ4n) is 3.94. The number of rotatable bonds is 10. The van der Waals surface area contributed by atoms with Gasteiger partial charge in [-0.25, -0.2) is 4.39 Å². The predicted octanol–water partition coefficient (Wildman–Crippen LogP) is 4.15. The van der Waals surface area contributed by atoms with Crippen molar-refractivity contribution in [3.8, 4) is 5.75 Å². The molecule has 0 saturated carbocycles. The van der Waals surface area contributed by atoms with Crippen molar-refractivity contribution >= 4 is 17.4 Å². The summed E-state index contributed by atoms with van der Waals surface area (Å²) in [5, 5.41) is 11.0. The number of carbonyl (C=O) groups excluding carboxylic acids is 2. The molecule has 1 fully saturated rings. The first-order valence-corrected chi connectivity index (χ1v) is 11.0. The molecule has 6 nitrogen and oxygen atoms in total. The molecule has 0 spiro atoms. The minimum absolute atomic E-state index is 0.0213. The van der Waals surface area contributed by atoms with Crippen LogP contribution in [0.1, 0.15) is 31.0 Å². The molecule has 0 bridgehead atoms. The molecule has 2 aromatic carbocycles. The Bertz CT molecular complexity index is 1040. The van der Waals surface area contributed by atoms with E-state index in [9.17, 15) is 19.1 Å². The van der Waals surface area contributed by atoms with E-state index in [0.717, 1.165) is 13.1 Å². The van der Waals surface area contributed by atoms with Gasteiger partial charge in [-0.1, -0.05) is 38.6 Å². The monoisotopic (exact) mass is 452 g/mol. The lowest BCUT2D eigenvalue weighted by Gasteiger charge is -2.28. The van der Waals surface area contributed by atoms with Gasteiger partial charge in [0.25, 0.3) is 11.7 Å². The third-order valence-electron chi connectivity index (χ3n) is 5.75. The maximum absolute atomic E-state index is 13.4. The molecule has 0 radical (unpaired) electrons. The number of likely N-dealkylation sites (tertiary alicyclic amines) is 1. The Morgan fingerprint density at radius 1 is 1.18 bits per heavy atom. The van der Waals surface area contributed by atoms with Gasteiger partial charge in [0.1, 0.15) is 23.9 Å². The Kier molecular flexibility index (Phi) is 8.01. The number of aliphatic hydroxyl groups is 1. The Morgan fingerprint density at radius 2 is 1.88 bits per heavy atom. The molecule has 33 heavy (non-hydrogen) atoms. The van der Waals surface area contributed by atoms with Crippen LogP contribution in [0.2, 0.25) is 0 Å². The summed E-state index contributed by atoms with van der Waals surface area (Å²) in [6, 6.07) is 11.5. The smallest absolute Gasteiger partial charge is 0.295 e. The van der Waals surface area contributed by atoms with Crippen LogP contribution in [0.15, 0.2) is 66.8 Å². The molecule has 1 N–H and O–H groups in total. The van der Waals surface area contributed by atoms with Gasteiger partial charge in [0.15, 0.2) is 0 Å². The maximum Gasteiger partial charge on any atom is 0.295 e. The van der Waals surface area contributed by atoms with Crippen molar-refractivity contribution in [2.75, 3.05) is 32.8 Å². The molecule has 0 unspecified atom stereocenters. The molecule has 1 saturated heterocycles. The average molecular weight is 453 g/mol. The summed E-state index contributed by atoms with van der Waals surface area (Å²) >= 11 is 0. The molecule has 2 aromatic rings. The van der Waals surface area contributed by atoms with E-state index in [1.54, 1.807) is 30.3 Å². The van der Waals surface area contributed by atoms with Crippen molar-refractivity contribution in [3.05, 3.63) is 83.7 Å². The highest BCUT2D eigenvalue weighted by atomic mass is 19.1. The van der Waals surface area contributed by atoms with Crippen LogP contribution in [0.25, 0.3) is 5.76 Å². The highest BCUT2D eigenvalue weighted by Gasteiger charge is 2.46. The number of Topliss-reactive ketones (excluding diaryl/α,β-unsaturated/α-hetero) is 1. The van der Waals surface area contributed by atoms with E-state index in [2.05, 4.69) is 11.5 Å². The molecule has 7 heteroatoms. The molecule has 1 heterocycles. The quantitative estimate of drug-likeness (QED) is 0.254. The lowest BCUT2D eigenvalue weighted by molar-refractivity contribution is -0.140. The second-order valence-corrected chi connectivity index (χ2v) is 7.70. The van der Waals surface area contributed by atoms with Crippen LogP contribution in [-0.4, -0.2) is 59.4 Å². The fraction of sp³-hybridized carbons (Fsp3) is 0.308. The van der Waals surface area contributed by atoms with E-state index in [0.29, 0.717) is 31.0 Å². The first-order chi connectivity index (χ1) is 15.9. The Morgan fingerprint density at radius 3 is 2.52 bits per heavy atom. The van der Waals surface area contributed by atoms with Crippen molar-refractivity contribution in [1.29, 1.82) is 0 Å². The molecule has 0 aromatic heterocycles. The molecule has 174 valence electrons. The van der Waals surface area contributed by atoms with Gasteiger partial charge in [-0.3, -0.25) is 9.59 Å². The van der Waals surface area contributed by atoms with Crippen molar-refractivity contribution in [1.82, 2.24) is 9.80 Å². The topological polar surface area (TPSA) is 70.1 Å². The number of ether oxygens (including phenoxy) is 1. The number of halogens is 1. The lowest BCUT2D eigenvalue weighted by Crippen LogP contribution is -2.38. The first kappa shape index (κ1) is 24.2. The van der Waals surface area contributed by atoms with Gasteiger partial charge >= 0.3 is 0 Å². The molecule has 1 aliphatic rings. The van der Waals surface area contributed by atoms with Gasteiger partial charge in [0, 0.05) is 18.7 Å². The van der Waals surface area contributed by atoms with Crippen LogP contribution in [0, 0.1) is 5.82 Å². The molecule has 1 amide bonds. The zero-order chi connectivity index (χ0) is 24.0. The van der Waals surface area contributed by atoms with Gasteiger partial charge in [0.05, 0.1) is 11.6 Å². The summed E-state index contributed by atoms with van der Waals surface area (Å²) in [6.07, 6.45) is 1.62. The minimum Gasteiger partial charge on any atom is -0.507 e. The Balaban J connectivity index is 2.09. The van der Waals surface area contributed by atoms with E-state index in [-0.39, 0.29) is 16.9 Å². The summed E-state index contributed by atoms with van der Waals surface area (Å²) < 4.78 is 19.0. The fourth-order valence-corrected chi connectivity index (χ4v) is 3.94. The van der Waals surface area contributed by atoms with E-state index in [4.69, 9.17) is 4.74 Å². The normalized spacial score (nSPS) is 17.6. The number of hydrogen-bond acceptors (Lipinski definition) is 5. The van der Waals surface area contributed by atoms with E-state index in [1.165, 1.54) is 29.2 Å². The highest BCUT2D eigenvalue weighted by molar-refractivity contribution is 6.46. The van der Waals surface area contributed by atoms with E-state index < -0.39 is 23.5 Å². The van der Waals surface area contributed by atoms with E-state index >= 15 is 0 Å². The van der Waals surface area contributed by atoms with Gasteiger partial charge in [-0.2, -0.15) is 0 Å². The number of ketones is 1. The minimum atomic E-state index is -0.794. The molecular weight excluding hydrogens is 423 g/mol. The SMILES string of the molecule is C=CCOc1cccc([C@@H]2C(=C(O)c3ccc(F)cc3)C(=O)C(=O)N2CCN(CC)CC)c1. The van der Waals surface area contributed by atoms with E-state index in [1.807, 2.05) is 13.8 Å². The molecule has 1 aliphatic heterocycles. The number of hydrogen-bond donors (Lipinski definition) is 1. The molecular formula is C26H29FN2O4. The zero-order valence-electron chi connectivity index (χ0n) is 19.0. The number of aliphatic hydroxyl groups excluding tert-OH is 1. The number of amides is 1. The van der Waals surface area contributed by atoms with Crippen LogP contribution < -0.4 is 4.74 Å². The van der Waals surface area contributed by atoms with Gasteiger partial charge < -0.3 is 19.6 Å². The molecule has 3 rings (SSSR count). The Hall–Kier alpha value is -3.45. The number of likely N-dealkylation sites (N-methyl/N-ethyl adjacent to an activating group) is 1. The van der Waals surface area contributed by atoms with Crippen LogP contribution >= 0.6 is 0 Å². The second kappa shape index (κ2) is 10.9. The van der Waals surface area contributed by atoms with Gasteiger partial charge in [-0.05, 0) is 55.1 Å². The van der Waals surface area contributed by atoms with Gasteiger partial charge in [-0.15, -0.1) is 0 Å². The van der Waals surface area contributed by atoms with Crippen LogP contribution in [0.3, 0.4) is 0 Å². The third kappa shape index (κ3) is 5.31. The maximum atomic E-state index is 13.4. The van der Waals surface area contributed by atoms with Crippen molar-refractivity contribution in [3.63, 3.8) is 0 Å². The summed E-state index contributed by atoms with van der Waals surface area (Å²) in [4.78, 5) is 29.8. The van der Waals surface area contributed by atoms with Crippen molar-refractivity contribution in [2.24, 2.45) is 0 Å². The predicted molar refractivity (Wildman–Crippen MR) is 125 cm³/mol. The summed E-state index contributed by atoms with van der Waals surface area (Å²) in [7, 11) is 0. The standard InChI is InChI=1S/C26H29FN2O4/c1-4-16-33-21-9-7-8-19(17-21)23-22(24(30)18-10-12-20(27)13-11-18)25(31)26(32)29(23)15-14-28(5-2)6-3/h4,7-13,17,23,30H,1,5-6,14-16H2,2-3H3/t23-/m1/s1. The first-order valence-electron chi connectivity index (χ1n) is 11.0. The van der Waals surface area contributed by atoms with Crippen molar-refractivity contribution in [2.45, 2.75) is 19.9 Å². The van der Waals surface area contributed by atoms with Crippen LogP contribution in [0.5, 0.6) is 5.75 Å². The highest BCUT2D eigenvalue weighted by Crippen LogP contribution is 2.40. The Labute approximate surface area is 193 Å². The summed E-state index contributed by atoms with van der Waals surface area (Å²) in [5.41, 5.74) is 0.883. The number of nitrogens with zero attached hydrogens (tertiary/aromatic N) is 2. The number of benzene rings is 2. The lowest BCUT2D eigenvalue weighted by atomic mass is 9.95. The van der Waals surface area contributed by atoms with Gasteiger partial charge in [0.2, 0.25) is 0 Å². The summed E-state index contributed by atoms with van der Waals surface area (Å²) in [5.74, 6) is -1.67. The second-order valence-electron chi connectivity index (χ2n) is 7.70. The third-order valence-corrected chi connectivity index (χ3v) is 5.75. The molecule has 1 atom stereocenters. The molecule has 0 aliphatic carbocycles.